The summed E-state index contributed by atoms with van der Waals surface area (Å²) in [4.78, 5) is 38.6. The summed E-state index contributed by atoms with van der Waals surface area (Å²) in [5, 5.41) is 6.52. The number of carbonyl (C=O) groups excluding carboxylic acids is 2. The van der Waals surface area contributed by atoms with Crippen LogP contribution < -0.4 is 21.0 Å². The van der Waals surface area contributed by atoms with E-state index in [0.717, 1.165) is 0 Å². The molecule has 5 rings (SSSR count). The lowest BCUT2D eigenvalue weighted by Crippen LogP contribution is -2.22. The summed E-state index contributed by atoms with van der Waals surface area (Å²) in [5.41, 5.74) is 0.470. The molecule has 0 saturated carbocycles. The second kappa shape index (κ2) is 8.59. The van der Waals surface area contributed by atoms with E-state index in [4.69, 9.17) is 13.6 Å². The van der Waals surface area contributed by atoms with Crippen LogP contribution in [0.4, 0.5) is 11.4 Å². The van der Waals surface area contributed by atoms with Crippen LogP contribution in [-0.4, -0.2) is 18.9 Å². The second-order valence-electron chi connectivity index (χ2n) is 7.42. The van der Waals surface area contributed by atoms with E-state index < -0.39 is 17.4 Å². The Balaban J connectivity index is 1.51. The topological polar surface area (TPSA) is 111 Å². The summed E-state index contributed by atoms with van der Waals surface area (Å²) >= 11 is 0. The molecule has 2 aromatic heterocycles. The van der Waals surface area contributed by atoms with E-state index in [1.165, 1.54) is 6.07 Å². The van der Waals surface area contributed by atoms with Gasteiger partial charge in [0.1, 0.15) is 28.2 Å². The first kappa shape index (κ1) is 21.0. The number of hydrogen-bond donors (Lipinski definition) is 2. The maximum atomic E-state index is 13.1. The zero-order valence-corrected chi connectivity index (χ0v) is 18.0. The minimum atomic E-state index is -0.784. The fraction of sp³-hybridized carbons (Fsp3) is 0.0385. The van der Waals surface area contributed by atoms with Crippen LogP contribution in [0.5, 0.6) is 5.75 Å². The smallest absolute Gasteiger partial charge is 0.349 e. The van der Waals surface area contributed by atoms with Crippen molar-refractivity contribution in [3.63, 3.8) is 0 Å². The number of anilines is 2. The van der Waals surface area contributed by atoms with Crippen molar-refractivity contribution in [2.24, 2.45) is 0 Å². The molecule has 0 unspecified atom stereocenters. The molecular weight excluding hydrogens is 436 g/mol. The van der Waals surface area contributed by atoms with E-state index >= 15 is 0 Å². The maximum absolute atomic E-state index is 13.1. The average Bonchev–Trinajstić information content (AvgIpc) is 3.22. The molecule has 168 valence electrons. The minimum absolute atomic E-state index is 0.101. The third kappa shape index (κ3) is 3.88. The lowest BCUT2D eigenvalue weighted by molar-refractivity contribution is 0.0999. The minimum Gasteiger partial charge on any atom is -0.497 e. The molecule has 8 heteroatoms. The monoisotopic (exact) mass is 454 g/mol. The van der Waals surface area contributed by atoms with Crippen molar-refractivity contribution in [2.75, 3.05) is 17.7 Å². The predicted molar refractivity (Wildman–Crippen MR) is 128 cm³/mol. The zero-order valence-electron chi connectivity index (χ0n) is 18.0. The van der Waals surface area contributed by atoms with Crippen LogP contribution in [0.25, 0.3) is 21.9 Å². The van der Waals surface area contributed by atoms with E-state index in [2.05, 4.69) is 10.6 Å². The van der Waals surface area contributed by atoms with Crippen molar-refractivity contribution in [1.29, 1.82) is 0 Å². The maximum Gasteiger partial charge on any atom is 0.349 e. The molecule has 0 saturated heterocycles. The van der Waals surface area contributed by atoms with Crippen molar-refractivity contribution in [3.8, 4) is 5.75 Å². The first-order valence-electron chi connectivity index (χ1n) is 10.3. The van der Waals surface area contributed by atoms with Crippen molar-refractivity contribution in [3.05, 3.63) is 101 Å². The van der Waals surface area contributed by atoms with Gasteiger partial charge in [0.15, 0.2) is 0 Å². The van der Waals surface area contributed by atoms with Gasteiger partial charge in [0.2, 0.25) is 5.76 Å². The fourth-order valence-electron chi connectivity index (χ4n) is 3.59. The first-order valence-corrected chi connectivity index (χ1v) is 10.3. The van der Waals surface area contributed by atoms with E-state index in [1.807, 2.05) is 0 Å². The number of benzene rings is 3. The first-order chi connectivity index (χ1) is 16.5. The fourth-order valence-corrected chi connectivity index (χ4v) is 3.59. The molecule has 2 heterocycles. The van der Waals surface area contributed by atoms with Gasteiger partial charge in [-0.15, -0.1) is 0 Å². The van der Waals surface area contributed by atoms with Crippen LogP contribution in [0, 0.1) is 0 Å². The molecular formula is C26H18N2O6. The van der Waals surface area contributed by atoms with Crippen molar-refractivity contribution >= 4 is 45.1 Å². The lowest BCUT2D eigenvalue weighted by atomic mass is 10.1. The van der Waals surface area contributed by atoms with Gasteiger partial charge in [-0.3, -0.25) is 9.59 Å². The number of fused-ring (bicyclic) bond motifs is 2. The van der Waals surface area contributed by atoms with Crippen LogP contribution >= 0.6 is 0 Å². The Kier molecular flexibility index (Phi) is 5.31. The zero-order chi connectivity index (χ0) is 23.7. The summed E-state index contributed by atoms with van der Waals surface area (Å²) in [7, 11) is 1.55. The number of nitrogens with one attached hydrogen (secondary N) is 2. The second-order valence-corrected chi connectivity index (χ2v) is 7.42. The average molecular weight is 454 g/mol. The number of hydrogen-bond acceptors (Lipinski definition) is 6. The largest absolute Gasteiger partial charge is 0.497 e. The van der Waals surface area contributed by atoms with E-state index in [-0.39, 0.29) is 17.0 Å². The van der Waals surface area contributed by atoms with Crippen molar-refractivity contribution in [1.82, 2.24) is 0 Å². The molecule has 0 aliphatic heterocycles. The molecule has 2 N–H and O–H groups in total. The number of rotatable bonds is 5. The van der Waals surface area contributed by atoms with Gasteiger partial charge in [0.05, 0.1) is 7.11 Å². The van der Waals surface area contributed by atoms with Gasteiger partial charge in [0.25, 0.3) is 11.8 Å². The molecule has 0 fully saturated rings. The SMILES string of the molecule is COc1ccc(NC(=O)c2oc3ccccc3c2NC(=O)c2cc3ccccc3oc2=O)cc1. The highest BCUT2D eigenvalue weighted by Crippen LogP contribution is 2.32. The van der Waals surface area contributed by atoms with Gasteiger partial charge < -0.3 is 24.2 Å². The molecule has 0 radical (unpaired) electrons. The predicted octanol–water partition coefficient (Wildman–Crippen LogP) is 5.05. The Morgan fingerprint density at radius 3 is 2.26 bits per heavy atom. The third-order valence-corrected chi connectivity index (χ3v) is 5.27. The van der Waals surface area contributed by atoms with Crippen LogP contribution in [0.1, 0.15) is 20.9 Å². The molecule has 0 spiro atoms. The van der Waals surface area contributed by atoms with Crippen LogP contribution in [-0.2, 0) is 0 Å². The highest BCUT2D eigenvalue weighted by Gasteiger charge is 2.24. The standard InChI is InChI=1S/C26H18N2O6/c1-32-17-12-10-16(11-13-17)27-25(30)23-22(18-7-3-5-9-21(18)33-23)28-24(29)19-14-15-6-2-4-8-20(15)34-26(19)31/h2-14H,1H3,(H,27,30)(H,28,29). The molecule has 0 aliphatic rings. The Morgan fingerprint density at radius 1 is 0.794 bits per heavy atom. The molecule has 34 heavy (non-hydrogen) atoms. The molecule has 3 aromatic carbocycles. The number of furan rings is 1. The Labute approximate surface area is 192 Å². The Bertz CT molecular complexity index is 1600. The summed E-state index contributed by atoms with van der Waals surface area (Å²) in [6.07, 6.45) is 0. The number of ether oxygens (including phenoxy) is 1. The summed E-state index contributed by atoms with van der Waals surface area (Å²) in [6, 6.07) is 22.0. The number of carbonyl (C=O) groups is 2. The molecule has 8 nitrogen and oxygen atoms in total. The summed E-state index contributed by atoms with van der Waals surface area (Å²) in [6.45, 7) is 0. The number of methoxy groups -OCH3 is 1. The molecule has 2 amide bonds. The number of para-hydroxylation sites is 2. The van der Waals surface area contributed by atoms with E-state index in [9.17, 15) is 14.4 Å². The summed E-state index contributed by atoms with van der Waals surface area (Å²) in [5.74, 6) is -0.744. The highest BCUT2D eigenvalue weighted by molar-refractivity contribution is 6.17. The molecule has 0 aliphatic carbocycles. The highest BCUT2D eigenvalue weighted by atomic mass is 16.5. The van der Waals surface area contributed by atoms with Crippen LogP contribution in [0.15, 0.2) is 92.5 Å². The molecule has 0 atom stereocenters. The van der Waals surface area contributed by atoms with Crippen molar-refractivity contribution < 1.29 is 23.2 Å². The van der Waals surface area contributed by atoms with E-state index in [0.29, 0.717) is 33.4 Å². The molecule has 5 aromatic rings. The quantitative estimate of drug-likeness (QED) is 0.360. The van der Waals surface area contributed by atoms with Gasteiger partial charge in [-0.25, -0.2) is 4.79 Å². The van der Waals surface area contributed by atoms with Crippen LogP contribution in [0.3, 0.4) is 0 Å². The lowest BCUT2D eigenvalue weighted by Gasteiger charge is -2.08. The summed E-state index contributed by atoms with van der Waals surface area (Å²) < 4.78 is 16.2. The van der Waals surface area contributed by atoms with Gasteiger partial charge in [-0.2, -0.15) is 0 Å². The third-order valence-electron chi connectivity index (χ3n) is 5.27. The van der Waals surface area contributed by atoms with Gasteiger partial charge in [0, 0.05) is 16.5 Å². The van der Waals surface area contributed by atoms with Gasteiger partial charge in [-0.05, 0) is 48.5 Å². The molecule has 0 bridgehead atoms. The Hall–Kier alpha value is -4.85. The van der Waals surface area contributed by atoms with Gasteiger partial charge in [-0.1, -0.05) is 30.3 Å². The van der Waals surface area contributed by atoms with Gasteiger partial charge >= 0.3 is 5.63 Å². The van der Waals surface area contributed by atoms with Crippen molar-refractivity contribution in [2.45, 2.75) is 0 Å². The van der Waals surface area contributed by atoms with E-state index in [1.54, 1.807) is 79.9 Å². The Morgan fingerprint density at radius 2 is 1.50 bits per heavy atom. The normalized spacial score (nSPS) is 10.9. The van der Waals surface area contributed by atoms with Crippen LogP contribution in [0.2, 0.25) is 0 Å². The number of amides is 2.